The first-order chi connectivity index (χ1) is 13.3. The molecule has 0 aromatic heterocycles. The molecule has 0 heterocycles. The first kappa shape index (κ1) is 19.4. The molecular formula is C20H17N3O4S. The van der Waals surface area contributed by atoms with Crippen LogP contribution in [0.5, 0.6) is 0 Å². The van der Waals surface area contributed by atoms with Crippen LogP contribution in [0, 0.1) is 6.92 Å². The van der Waals surface area contributed by atoms with Crippen molar-refractivity contribution in [2.45, 2.75) is 11.8 Å². The monoisotopic (exact) mass is 395 g/mol. The van der Waals surface area contributed by atoms with Gasteiger partial charge in [-0.1, -0.05) is 29.8 Å². The maximum absolute atomic E-state index is 12.4. The third-order valence-electron chi connectivity index (χ3n) is 3.85. The molecule has 0 radical (unpaired) electrons. The Morgan fingerprint density at radius 3 is 1.96 bits per heavy atom. The van der Waals surface area contributed by atoms with E-state index in [-0.39, 0.29) is 5.56 Å². The van der Waals surface area contributed by atoms with Crippen LogP contribution in [-0.4, -0.2) is 18.9 Å². The summed E-state index contributed by atoms with van der Waals surface area (Å²) in [5.74, 6) is -0.651. The summed E-state index contributed by atoms with van der Waals surface area (Å²) in [6.07, 6.45) is 0. The Hall–Kier alpha value is -3.36. The highest BCUT2D eigenvalue weighted by molar-refractivity contribution is 7.86. The standard InChI is InChI=1S/C20H17N3O4S/c1-14-6-8-16(9-7-14)22-23-17-12-10-15(11-13-17)21-20(24)18-4-2-3-5-19(18)28(25,26)27/h2-13H,1H3,(H,21,24)(H,25,26,27). The maximum Gasteiger partial charge on any atom is 0.295 e. The van der Waals surface area contributed by atoms with Crippen molar-refractivity contribution >= 4 is 33.1 Å². The van der Waals surface area contributed by atoms with Crippen LogP contribution in [0.4, 0.5) is 17.1 Å². The number of rotatable bonds is 5. The first-order valence-corrected chi connectivity index (χ1v) is 9.73. The van der Waals surface area contributed by atoms with E-state index >= 15 is 0 Å². The highest BCUT2D eigenvalue weighted by atomic mass is 32.2. The van der Waals surface area contributed by atoms with E-state index < -0.39 is 20.9 Å². The highest BCUT2D eigenvalue weighted by Gasteiger charge is 2.19. The molecule has 0 atom stereocenters. The van der Waals surface area contributed by atoms with Gasteiger partial charge in [0.1, 0.15) is 4.90 Å². The fraction of sp³-hybridized carbons (Fsp3) is 0.0500. The van der Waals surface area contributed by atoms with E-state index in [1.54, 1.807) is 24.3 Å². The molecule has 0 bridgehead atoms. The van der Waals surface area contributed by atoms with Gasteiger partial charge in [0.2, 0.25) is 0 Å². The third-order valence-corrected chi connectivity index (χ3v) is 4.76. The number of hydrogen-bond acceptors (Lipinski definition) is 5. The predicted octanol–water partition coefficient (Wildman–Crippen LogP) is 4.91. The SMILES string of the molecule is Cc1ccc(N=Nc2ccc(NC(=O)c3ccccc3S(=O)(=O)O)cc2)cc1. The van der Waals surface area contributed by atoms with E-state index in [1.807, 2.05) is 31.2 Å². The number of anilines is 1. The molecular weight excluding hydrogens is 378 g/mol. The molecule has 2 N–H and O–H groups in total. The molecule has 7 nitrogen and oxygen atoms in total. The zero-order valence-corrected chi connectivity index (χ0v) is 15.7. The van der Waals surface area contributed by atoms with Gasteiger partial charge < -0.3 is 5.32 Å². The summed E-state index contributed by atoms with van der Waals surface area (Å²) < 4.78 is 32.1. The molecule has 1 amide bonds. The zero-order valence-electron chi connectivity index (χ0n) is 14.9. The van der Waals surface area contributed by atoms with Crippen LogP contribution >= 0.6 is 0 Å². The summed E-state index contributed by atoms with van der Waals surface area (Å²) >= 11 is 0. The quantitative estimate of drug-likeness (QED) is 0.472. The van der Waals surface area contributed by atoms with Crippen molar-refractivity contribution in [3.05, 3.63) is 83.9 Å². The molecule has 3 aromatic rings. The smallest absolute Gasteiger partial charge is 0.295 e. The summed E-state index contributed by atoms with van der Waals surface area (Å²) in [7, 11) is -4.50. The topological polar surface area (TPSA) is 108 Å². The normalized spacial score (nSPS) is 11.5. The lowest BCUT2D eigenvalue weighted by atomic mass is 10.2. The highest BCUT2D eigenvalue weighted by Crippen LogP contribution is 2.22. The molecule has 3 rings (SSSR count). The summed E-state index contributed by atoms with van der Waals surface area (Å²) in [4.78, 5) is 11.9. The number of amides is 1. The Labute approximate surface area is 162 Å². The average molecular weight is 395 g/mol. The minimum Gasteiger partial charge on any atom is -0.322 e. The Balaban J connectivity index is 1.73. The van der Waals surface area contributed by atoms with Crippen LogP contribution in [0.25, 0.3) is 0 Å². The van der Waals surface area contributed by atoms with E-state index in [4.69, 9.17) is 0 Å². The minimum atomic E-state index is -4.50. The molecule has 3 aromatic carbocycles. The van der Waals surface area contributed by atoms with Crippen molar-refractivity contribution in [1.29, 1.82) is 0 Å². The predicted molar refractivity (Wildman–Crippen MR) is 106 cm³/mol. The third kappa shape index (κ3) is 4.87. The number of carbonyl (C=O) groups excluding carboxylic acids is 1. The van der Waals surface area contributed by atoms with Crippen LogP contribution in [0.15, 0.2) is 87.9 Å². The van der Waals surface area contributed by atoms with Crippen molar-refractivity contribution < 1.29 is 17.8 Å². The molecule has 0 fully saturated rings. The van der Waals surface area contributed by atoms with E-state index in [0.29, 0.717) is 11.4 Å². The molecule has 0 spiro atoms. The van der Waals surface area contributed by atoms with E-state index in [1.165, 1.54) is 24.3 Å². The van der Waals surface area contributed by atoms with Crippen LogP contribution in [-0.2, 0) is 10.1 Å². The van der Waals surface area contributed by atoms with Crippen LogP contribution in [0.3, 0.4) is 0 Å². The van der Waals surface area contributed by atoms with E-state index in [2.05, 4.69) is 15.5 Å². The molecule has 142 valence electrons. The van der Waals surface area contributed by atoms with Crippen molar-refractivity contribution in [3.8, 4) is 0 Å². The van der Waals surface area contributed by atoms with E-state index in [0.717, 1.165) is 11.3 Å². The summed E-state index contributed by atoms with van der Waals surface area (Å²) in [6, 6.07) is 19.6. The number of carbonyl (C=O) groups is 1. The van der Waals surface area contributed by atoms with Gasteiger partial charge in [-0.05, 0) is 55.5 Å². The van der Waals surface area contributed by atoms with Gasteiger partial charge >= 0.3 is 0 Å². The van der Waals surface area contributed by atoms with Gasteiger partial charge in [-0.15, -0.1) is 0 Å². The molecule has 0 unspecified atom stereocenters. The van der Waals surface area contributed by atoms with Crippen LogP contribution in [0.2, 0.25) is 0 Å². The summed E-state index contributed by atoms with van der Waals surface area (Å²) in [5.41, 5.74) is 2.76. The molecule has 0 saturated carbocycles. The summed E-state index contributed by atoms with van der Waals surface area (Å²) in [6.45, 7) is 1.99. The van der Waals surface area contributed by atoms with Gasteiger partial charge in [0, 0.05) is 5.69 Å². The van der Waals surface area contributed by atoms with Crippen LogP contribution < -0.4 is 5.32 Å². The fourth-order valence-electron chi connectivity index (χ4n) is 2.42. The molecule has 0 saturated heterocycles. The second-order valence-electron chi connectivity index (χ2n) is 6.01. The lowest BCUT2D eigenvalue weighted by molar-refractivity contribution is 0.102. The van der Waals surface area contributed by atoms with Crippen molar-refractivity contribution in [1.82, 2.24) is 0 Å². The largest absolute Gasteiger partial charge is 0.322 e. The van der Waals surface area contributed by atoms with Gasteiger partial charge in [0.05, 0.1) is 16.9 Å². The Kier molecular flexibility index (Phi) is 5.62. The van der Waals surface area contributed by atoms with Crippen molar-refractivity contribution in [3.63, 3.8) is 0 Å². The molecule has 0 aliphatic heterocycles. The Morgan fingerprint density at radius 1 is 0.857 bits per heavy atom. The van der Waals surface area contributed by atoms with Crippen molar-refractivity contribution in [2.24, 2.45) is 10.2 Å². The Morgan fingerprint density at radius 2 is 1.39 bits per heavy atom. The zero-order chi connectivity index (χ0) is 20.1. The lowest BCUT2D eigenvalue weighted by Crippen LogP contribution is -2.16. The number of hydrogen-bond donors (Lipinski definition) is 2. The second kappa shape index (κ2) is 8.12. The van der Waals surface area contributed by atoms with Gasteiger partial charge in [-0.3, -0.25) is 9.35 Å². The number of azo groups is 1. The average Bonchev–Trinajstić information content (AvgIpc) is 2.68. The van der Waals surface area contributed by atoms with Gasteiger partial charge in [0.25, 0.3) is 16.0 Å². The van der Waals surface area contributed by atoms with Crippen molar-refractivity contribution in [2.75, 3.05) is 5.32 Å². The number of benzene rings is 3. The number of aryl methyl sites for hydroxylation is 1. The van der Waals surface area contributed by atoms with E-state index in [9.17, 15) is 17.8 Å². The van der Waals surface area contributed by atoms with Gasteiger partial charge in [-0.2, -0.15) is 18.6 Å². The van der Waals surface area contributed by atoms with Gasteiger partial charge in [-0.25, -0.2) is 0 Å². The second-order valence-corrected chi connectivity index (χ2v) is 7.40. The number of nitrogens with one attached hydrogen (secondary N) is 1. The molecule has 8 heteroatoms. The first-order valence-electron chi connectivity index (χ1n) is 8.29. The Bertz CT molecular complexity index is 1120. The summed E-state index contributed by atoms with van der Waals surface area (Å²) in [5, 5.41) is 10.9. The molecule has 0 aliphatic rings. The maximum atomic E-state index is 12.4. The van der Waals surface area contributed by atoms with Gasteiger partial charge in [0.15, 0.2) is 0 Å². The number of nitrogens with zero attached hydrogens (tertiary/aromatic N) is 2. The molecule has 28 heavy (non-hydrogen) atoms. The minimum absolute atomic E-state index is 0.145. The van der Waals surface area contributed by atoms with Crippen LogP contribution in [0.1, 0.15) is 15.9 Å². The lowest BCUT2D eigenvalue weighted by Gasteiger charge is -2.08. The fourth-order valence-corrected chi connectivity index (χ4v) is 3.11. The molecule has 0 aliphatic carbocycles.